The minimum Gasteiger partial charge on any atom is -0.508 e. The maximum atomic E-state index is 13.5. The van der Waals surface area contributed by atoms with Gasteiger partial charge in [-0.15, -0.1) is 0 Å². The molecule has 0 radical (unpaired) electrons. The largest absolute Gasteiger partial charge is 0.508 e. The molecule has 13 heavy (non-hydrogen) atoms. The Balaban J connectivity index is 2.38. The number of hydrogen-bond acceptors (Lipinski definition) is 2. The van der Waals surface area contributed by atoms with Crippen molar-refractivity contribution in [1.29, 1.82) is 0 Å². The van der Waals surface area contributed by atoms with Gasteiger partial charge in [-0.25, -0.2) is 4.39 Å². The number of alkyl halides is 1. The van der Waals surface area contributed by atoms with Crippen LogP contribution in [-0.4, -0.2) is 17.3 Å². The topological polar surface area (TPSA) is 32.3 Å². The van der Waals surface area contributed by atoms with Gasteiger partial charge < -0.3 is 10.4 Å². The van der Waals surface area contributed by atoms with Crippen LogP contribution in [0.1, 0.15) is 12.5 Å². The number of benzene rings is 1. The van der Waals surface area contributed by atoms with E-state index in [1.807, 2.05) is 0 Å². The van der Waals surface area contributed by atoms with E-state index in [4.69, 9.17) is 0 Å². The Morgan fingerprint density at radius 2 is 2.31 bits per heavy atom. The van der Waals surface area contributed by atoms with Crippen LogP contribution >= 0.6 is 0 Å². The third kappa shape index (κ3) is 1.59. The number of aromatic hydroxyl groups is 1. The zero-order valence-electron chi connectivity index (χ0n) is 7.47. The molecular weight excluding hydrogens is 169 g/mol. The normalized spacial score (nSPS) is 26.3. The fraction of sp³-hybridized carbons (Fsp3) is 0.400. The van der Waals surface area contributed by atoms with Gasteiger partial charge in [0.25, 0.3) is 0 Å². The summed E-state index contributed by atoms with van der Waals surface area (Å²) in [6, 6.07) is 4.99. The minimum atomic E-state index is -1.21. The molecule has 0 saturated heterocycles. The van der Waals surface area contributed by atoms with Crippen molar-refractivity contribution in [3.05, 3.63) is 23.8 Å². The molecule has 1 aliphatic rings. The molecule has 1 atom stereocenters. The third-order valence-corrected chi connectivity index (χ3v) is 2.30. The Labute approximate surface area is 76.4 Å². The lowest BCUT2D eigenvalue weighted by molar-refractivity contribution is 0.201. The third-order valence-electron chi connectivity index (χ3n) is 2.30. The maximum absolute atomic E-state index is 13.5. The van der Waals surface area contributed by atoms with E-state index in [9.17, 15) is 9.50 Å². The first-order valence-electron chi connectivity index (χ1n) is 4.31. The molecule has 0 aromatic heterocycles. The molecule has 1 unspecified atom stereocenters. The Morgan fingerprint density at radius 1 is 1.54 bits per heavy atom. The second kappa shape index (κ2) is 2.62. The van der Waals surface area contributed by atoms with Crippen LogP contribution in [0.25, 0.3) is 0 Å². The molecule has 2 rings (SSSR count). The van der Waals surface area contributed by atoms with Crippen LogP contribution in [0.5, 0.6) is 5.75 Å². The number of halogens is 1. The molecule has 1 heterocycles. The summed E-state index contributed by atoms with van der Waals surface area (Å²) in [4.78, 5) is 0. The highest BCUT2D eigenvalue weighted by atomic mass is 19.1. The van der Waals surface area contributed by atoms with Crippen molar-refractivity contribution in [2.75, 3.05) is 11.9 Å². The van der Waals surface area contributed by atoms with Crippen LogP contribution in [0, 0.1) is 0 Å². The first-order valence-corrected chi connectivity index (χ1v) is 4.31. The van der Waals surface area contributed by atoms with Gasteiger partial charge >= 0.3 is 0 Å². The van der Waals surface area contributed by atoms with Gasteiger partial charge in [0.15, 0.2) is 0 Å². The van der Waals surface area contributed by atoms with Crippen LogP contribution in [0.4, 0.5) is 10.1 Å². The van der Waals surface area contributed by atoms with E-state index >= 15 is 0 Å². The fourth-order valence-electron chi connectivity index (χ4n) is 1.64. The number of rotatable bonds is 0. The molecule has 2 nitrogen and oxygen atoms in total. The molecule has 3 heteroatoms. The predicted molar refractivity (Wildman–Crippen MR) is 49.8 cm³/mol. The summed E-state index contributed by atoms with van der Waals surface area (Å²) >= 11 is 0. The monoisotopic (exact) mass is 181 g/mol. The molecule has 0 amide bonds. The van der Waals surface area contributed by atoms with Gasteiger partial charge in [-0.1, -0.05) is 0 Å². The van der Waals surface area contributed by atoms with E-state index in [1.165, 1.54) is 0 Å². The van der Waals surface area contributed by atoms with Gasteiger partial charge in [-0.3, -0.25) is 0 Å². The van der Waals surface area contributed by atoms with Crippen LogP contribution in [0.2, 0.25) is 0 Å². The lowest BCUT2D eigenvalue weighted by atomic mass is 9.93. The average Bonchev–Trinajstić information content (AvgIpc) is 2.01. The molecule has 0 aliphatic carbocycles. The van der Waals surface area contributed by atoms with Crippen LogP contribution in [0.3, 0.4) is 0 Å². The summed E-state index contributed by atoms with van der Waals surface area (Å²) in [5, 5.41) is 12.2. The summed E-state index contributed by atoms with van der Waals surface area (Å²) in [5.74, 6) is 0.193. The Bertz CT molecular complexity index is 336. The van der Waals surface area contributed by atoms with Crippen LogP contribution < -0.4 is 5.32 Å². The van der Waals surface area contributed by atoms with Gasteiger partial charge in [0.05, 0.1) is 0 Å². The highest BCUT2D eigenvalue weighted by Crippen LogP contribution is 2.31. The number of phenols is 1. The molecule has 1 aliphatic heterocycles. The lowest BCUT2D eigenvalue weighted by Gasteiger charge is -2.28. The molecular formula is C10H12FNO. The van der Waals surface area contributed by atoms with Crippen molar-refractivity contribution in [3.8, 4) is 5.75 Å². The zero-order valence-corrected chi connectivity index (χ0v) is 7.47. The summed E-state index contributed by atoms with van der Waals surface area (Å²) in [6.45, 7) is 1.90. The molecule has 0 saturated carbocycles. The van der Waals surface area contributed by atoms with Crippen molar-refractivity contribution < 1.29 is 9.50 Å². The second-order valence-corrected chi connectivity index (χ2v) is 3.79. The van der Waals surface area contributed by atoms with Gasteiger partial charge in [-0.2, -0.15) is 0 Å². The molecule has 2 N–H and O–H groups in total. The Hall–Kier alpha value is -1.25. The molecule has 70 valence electrons. The number of fused-ring (bicyclic) bond motifs is 1. The van der Waals surface area contributed by atoms with Crippen LogP contribution in [-0.2, 0) is 6.42 Å². The van der Waals surface area contributed by atoms with E-state index in [0.29, 0.717) is 13.0 Å². The minimum absolute atomic E-state index is 0.193. The van der Waals surface area contributed by atoms with Gasteiger partial charge in [-0.05, 0) is 30.7 Å². The number of anilines is 1. The summed E-state index contributed by atoms with van der Waals surface area (Å²) in [5.41, 5.74) is 0.560. The zero-order chi connectivity index (χ0) is 9.47. The standard InChI is InChI=1S/C10H12FNO/c1-10(11)5-7-4-8(13)2-3-9(7)12-6-10/h2-4,12-13H,5-6H2,1H3. The highest BCUT2D eigenvalue weighted by Gasteiger charge is 2.29. The molecule has 0 fully saturated rings. The molecule has 0 spiro atoms. The van der Waals surface area contributed by atoms with Gasteiger partial charge in [0.2, 0.25) is 0 Å². The molecule has 1 aromatic rings. The summed E-state index contributed by atoms with van der Waals surface area (Å²) in [6.07, 6.45) is 0.365. The van der Waals surface area contributed by atoms with Gasteiger partial charge in [0, 0.05) is 18.7 Å². The number of phenolic OH excluding ortho intramolecular Hbond substituents is 1. The van der Waals surface area contributed by atoms with E-state index in [2.05, 4.69) is 5.32 Å². The van der Waals surface area contributed by atoms with Crippen molar-refractivity contribution in [2.24, 2.45) is 0 Å². The number of hydrogen-bond donors (Lipinski definition) is 2. The Kier molecular flexibility index (Phi) is 1.68. The summed E-state index contributed by atoms with van der Waals surface area (Å²) < 4.78 is 13.5. The average molecular weight is 181 g/mol. The maximum Gasteiger partial charge on any atom is 0.129 e. The quantitative estimate of drug-likeness (QED) is 0.601. The van der Waals surface area contributed by atoms with Gasteiger partial charge in [0.1, 0.15) is 11.4 Å². The smallest absolute Gasteiger partial charge is 0.129 e. The van der Waals surface area contributed by atoms with Crippen molar-refractivity contribution in [2.45, 2.75) is 19.0 Å². The van der Waals surface area contributed by atoms with E-state index in [-0.39, 0.29) is 5.75 Å². The second-order valence-electron chi connectivity index (χ2n) is 3.79. The molecule has 1 aromatic carbocycles. The fourth-order valence-corrected chi connectivity index (χ4v) is 1.64. The number of nitrogens with one attached hydrogen (secondary N) is 1. The first-order chi connectivity index (χ1) is 6.07. The van der Waals surface area contributed by atoms with E-state index in [0.717, 1.165) is 11.3 Å². The van der Waals surface area contributed by atoms with Crippen molar-refractivity contribution in [3.63, 3.8) is 0 Å². The first kappa shape index (κ1) is 8.35. The Morgan fingerprint density at radius 3 is 3.08 bits per heavy atom. The molecule has 0 bridgehead atoms. The van der Waals surface area contributed by atoms with Crippen molar-refractivity contribution >= 4 is 5.69 Å². The SMILES string of the molecule is CC1(F)CNc2ccc(O)cc2C1. The summed E-state index contributed by atoms with van der Waals surface area (Å²) in [7, 11) is 0. The predicted octanol–water partition coefficient (Wildman–Crippen LogP) is 2.09. The van der Waals surface area contributed by atoms with Crippen LogP contribution in [0.15, 0.2) is 18.2 Å². The lowest BCUT2D eigenvalue weighted by Crippen LogP contribution is -2.35. The van der Waals surface area contributed by atoms with Crippen molar-refractivity contribution in [1.82, 2.24) is 0 Å². The van der Waals surface area contributed by atoms with E-state index < -0.39 is 5.67 Å². The van der Waals surface area contributed by atoms with E-state index in [1.54, 1.807) is 25.1 Å². The highest BCUT2D eigenvalue weighted by molar-refractivity contribution is 5.56.